The van der Waals surface area contributed by atoms with Gasteiger partial charge in [0, 0.05) is 18.5 Å². The molecule has 5 nitrogen and oxygen atoms in total. The third-order valence-corrected chi connectivity index (χ3v) is 3.41. The third-order valence-electron chi connectivity index (χ3n) is 3.41. The molecule has 1 aliphatic rings. The van der Waals surface area contributed by atoms with Crippen molar-refractivity contribution in [1.29, 1.82) is 0 Å². The quantitative estimate of drug-likeness (QED) is 0.551. The van der Waals surface area contributed by atoms with E-state index >= 15 is 0 Å². The standard InChI is InChI=1S/C12H24N2O3/c13-6-7-17-8-11(16)14-9-12(10-15)4-2-1-3-5-12/h15H,1-10,13H2,(H,14,16). The van der Waals surface area contributed by atoms with Gasteiger partial charge in [0.25, 0.3) is 0 Å². The van der Waals surface area contributed by atoms with Crippen molar-refractivity contribution < 1.29 is 14.6 Å². The van der Waals surface area contributed by atoms with Gasteiger partial charge in [0.1, 0.15) is 6.61 Å². The number of nitrogens with one attached hydrogen (secondary N) is 1. The summed E-state index contributed by atoms with van der Waals surface area (Å²) >= 11 is 0. The first-order chi connectivity index (χ1) is 8.22. The van der Waals surface area contributed by atoms with Gasteiger partial charge >= 0.3 is 0 Å². The lowest BCUT2D eigenvalue weighted by molar-refractivity contribution is -0.126. The van der Waals surface area contributed by atoms with E-state index in [1.165, 1.54) is 6.42 Å². The minimum absolute atomic E-state index is 0.0543. The minimum atomic E-state index is -0.128. The molecule has 0 unspecified atom stereocenters. The minimum Gasteiger partial charge on any atom is -0.396 e. The molecule has 0 aromatic carbocycles. The molecule has 5 heteroatoms. The van der Waals surface area contributed by atoms with Gasteiger partial charge in [0.15, 0.2) is 0 Å². The number of hydrogen-bond donors (Lipinski definition) is 3. The Morgan fingerprint density at radius 2 is 2.06 bits per heavy atom. The molecule has 17 heavy (non-hydrogen) atoms. The van der Waals surface area contributed by atoms with Crippen LogP contribution in [0.1, 0.15) is 32.1 Å². The number of hydrogen-bond acceptors (Lipinski definition) is 4. The fourth-order valence-corrected chi connectivity index (χ4v) is 2.28. The number of nitrogens with two attached hydrogens (primary N) is 1. The first-order valence-electron chi connectivity index (χ1n) is 6.38. The molecule has 1 fully saturated rings. The predicted molar refractivity (Wildman–Crippen MR) is 65.5 cm³/mol. The molecule has 1 saturated carbocycles. The largest absolute Gasteiger partial charge is 0.396 e. The number of carbonyl (C=O) groups is 1. The second-order valence-corrected chi connectivity index (χ2v) is 4.84. The molecular weight excluding hydrogens is 220 g/mol. The fraction of sp³-hybridized carbons (Fsp3) is 0.917. The SMILES string of the molecule is NCCOCC(=O)NCC1(CO)CCCCC1. The molecule has 1 aliphatic carbocycles. The number of amides is 1. The van der Waals surface area contributed by atoms with Crippen molar-refractivity contribution in [2.45, 2.75) is 32.1 Å². The van der Waals surface area contributed by atoms with Crippen LogP contribution in [0.4, 0.5) is 0 Å². The summed E-state index contributed by atoms with van der Waals surface area (Å²) < 4.78 is 5.05. The van der Waals surface area contributed by atoms with Gasteiger partial charge in [-0.05, 0) is 12.8 Å². The number of aliphatic hydroxyl groups excluding tert-OH is 1. The Bertz CT molecular complexity index is 228. The van der Waals surface area contributed by atoms with Crippen molar-refractivity contribution in [3.8, 4) is 0 Å². The lowest BCUT2D eigenvalue weighted by atomic mass is 9.74. The summed E-state index contributed by atoms with van der Waals surface area (Å²) in [6.07, 6.45) is 5.50. The summed E-state index contributed by atoms with van der Waals surface area (Å²) in [5.41, 5.74) is 5.15. The highest BCUT2D eigenvalue weighted by Gasteiger charge is 2.31. The normalized spacial score (nSPS) is 18.9. The van der Waals surface area contributed by atoms with Crippen LogP contribution < -0.4 is 11.1 Å². The average molecular weight is 244 g/mol. The van der Waals surface area contributed by atoms with E-state index < -0.39 is 0 Å². The Kier molecular flexibility index (Phi) is 6.47. The lowest BCUT2D eigenvalue weighted by Gasteiger charge is -2.35. The van der Waals surface area contributed by atoms with Gasteiger partial charge in [-0.2, -0.15) is 0 Å². The summed E-state index contributed by atoms with van der Waals surface area (Å²) in [4.78, 5) is 11.5. The van der Waals surface area contributed by atoms with Crippen LogP contribution in [0.25, 0.3) is 0 Å². The van der Waals surface area contributed by atoms with E-state index in [1.54, 1.807) is 0 Å². The predicted octanol–water partition coefficient (Wildman–Crippen LogP) is 0.0207. The molecule has 0 saturated heterocycles. The topological polar surface area (TPSA) is 84.6 Å². The summed E-state index contributed by atoms with van der Waals surface area (Å²) in [7, 11) is 0. The van der Waals surface area contributed by atoms with Crippen molar-refractivity contribution in [2.75, 3.05) is 32.9 Å². The molecule has 1 rings (SSSR count). The molecule has 0 spiro atoms. The van der Waals surface area contributed by atoms with Crippen LogP contribution >= 0.6 is 0 Å². The van der Waals surface area contributed by atoms with Gasteiger partial charge in [-0.3, -0.25) is 4.79 Å². The van der Waals surface area contributed by atoms with Crippen LogP contribution in [0.15, 0.2) is 0 Å². The summed E-state index contributed by atoms with van der Waals surface area (Å²) in [5, 5.41) is 12.3. The molecule has 0 atom stereocenters. The smallest absolute Gasteiger partial charge is 0.246 e. The molecule has 0 radical (unpaired) electrons. The fourth-order valence-electron chi connectivity index (χ4n) is 2.28. The molecule has 4 N–H and O–H groups in total. The van der Waals surface area contributed by atoms with E-state index in [4.69, 9.17) is 10.5 Å². The third kappa shape index (κ3) is 5.02. The van der Waals surface area contributed by atoms with Gasteiger partial charge < -0.3 is 20.9 Å². The second-order valence-electron chi connectivity index (χ2n) is 4.84. The van der Waals surface area contributed by atoms with Crippen molar-refractivity contribution in [2.24, 2.45) is 11.1 Å². The first kappa shape index (κ1) is 14.4. The van der Waals surface area contributed by atoms with Crippen LogP contribution in [0.2, 0.25) is 0 Å². The number of ether oxygens (including phenoxy) is 1. The molecule has 1 amide bonds. The molecule has 0 heterocycles. The Morgan fingerprint density at radius 1 is 1.35 bits per heavy atom. The molecule has 0 bridgehead atoms. The van der Waals surface area contributed by atoms with Crippen LogP contribution in [0, 0.1) is 5.41 Å². The Hall–Kier alpha value is -0.650. The Balaban J connectivity index is 2.24. The molecular formula is C12H24N2O3. The van der Waals surface area contributed by atoms with E-state index in [0.717, 1.165) is 25.7 Å². The molecule has 0 aliphatic heterocycles. The monoisotopic (exact) mass is 244 g/mol. The number of aliphatic hydroxyl groups is 1. The van der Waals surface area contributed by atoms with Crippen LogP contribution in [0.3, 0.4) is 0 Å². The first-order valence-corrected chi connectivity index (χ1v) is 6.38. The number of carbonyl (C=O) groups excluding carboxylic acids is 1. The van der Waals surface area contributed by atoms with Crippen molar-refractivity contribution in [3.05, 3.63) is 0 Å². The summed E-state index contributed by atoms with van der Waals surface area (Å²) in [5.74, 6) is -0.128. The van der Waals surface area contributed by atoms with Crippen molar-refractivity contribution in [1.82, 2.24) is 5.32 Å². The zero-order valence-corrected chi connectivity index (χ0v) is 10.4. The Labute approximate surface area is 103 Å². The van der Waals surface area contributed by atoms with Gasteiger partial charge in [-0.1, -0.05) is 19.3 Å². The maximum atomic E-state index is 11.5. The number of rotatable bonds is 7. The molecule has 0 aromatic rings. The average Bonchev–Trinajstić information content (AvgIpc) is 2.38. The summed E-state index contributed by atoms with van der Waals surface area (Å²) in [6, 6.07) is 0. The van der Waals surface area contributed by atoms with E-state index in [2.05, 4.69) is 5.32 Å². The van der Waals surface area contributed by atoms with Gasteiger partial charge in [-0.15, -0.1) is 0 Å². The highest BCUT2D eigenvalue weighted by molar-refractivity contribution is 5.77. The maximum Gasteiger partial charge on any atom is 0.246 e. The van der Waals surface area contributed by atoms with Crippen molar-refractivity contribution in [3.63, 3.8) is 0 Å². The maximum absolute atomic E-state index is 11.5. The van der Waals surface area contributed by atoms with E-state index in [0.29, 0.717) is 19.7 Å². The zero-order chi connectivity index (χ0) is 12.6. The summed E-state index contributed by atoms with van der Waals surface area (Å²) in [6.45, 7) is 1.58. The van der Waals surface area contributed by atoms with Crippen LogP contribution in [-0.4, -0.2) is 43.9 Å². The zero-order valence-electron chi connectivity index (χ0n) is 10.4. The van der Waals surface area contributed by atoms with Crippen LogP contribution in [-0.2, 0) is 9.53 Å². The highest BCUT2D eigenvalue weighted by Crippen LogP contribution is 2.35. The van der Waals surface area contributed by atoms with E-state index in [1.807, 2.05) is 0 Å². The van der Waals surface area contributed by atoms with E-state index in [-0.39, 0.29) is 24.5 Å². The lowest BCUT2D eigenvalue weighted by Crippen LogP contribution is -2.42. The van der Waals surface area contributed by atoms with Crippen molar-refractivity contribution >= 4 is 5.91 Å². The molecule has 0 aromatic heterocycles. The van der Waals surface area contributed by atoms with Gasteiger partial charge in [-0.25, -0.2) is 0 Å². The molecule has 100 valence electrons. The highest BCUT2D eigenvalue weighted by atomic mass is 16.5. The van der Waals surface area contributed by atoms with Crippen LogP contribution in [0.5, 0.6) is 0 Å². The van der Waals surface area contributed by atoms with Gasteiger partial charge in [0.2, 0.25) is 5.91 Å². The van der Waals surface area contributed by atoms with Gasteiger partial charge in [0.05, 0.1) is 13.2 Å². The Morgan fingerprint density at radius 3 is 2.65 bits per heavy atom. The van der Waals surface area contributed by atoms with E-state index in [9.17, 15) is 9.90 Å². The second kappa shape index (κ2) is 7.63.